The molecule has 1 saturated carbocycles. The molecule has 3 unspecified atom stereocenters. The van der Waals surface area contributed by atoms with E-state index < -0.39 is 0 Å². The summed E-state index contributed by atoms with van der Waals surface area (Å²) in [5, 5.41) is 8.07. The van der Waals surface area contributed by atoms with Gasteiger partial charge in [0.05, 0.1) is 0 Å². The summed E-state index contributed by atoms with van der Waals surface area (Å²) in [7, 11) is 0. The predicted molar refractivity (Wildman–Crippen MR) is 82.5 cm³/mol. The zero-order valence-electron chi connectivity index (χ0n) is 13.5. The van der Waals surface area contributed by atoms with Crippen LogP contribution >= 0.6 is 0 Å². The Labute approximate surface area is 123 Å². The molecule has 2 rings (SSSR count). The lowest BCUT2D eigenvalue weighted by molar-refractivity contribution is 0.340. The van der Waals surface area contributed by atoms with Gasteiger partial charge in [-0.25, -0.2) is 9.67 Å². The molecule has 4 nitrogen and oxygen atoms in total. The average molecular weight is 278 g/mol. The maximum atomic E-state index is 4.49. The summed E-state index contributed by atoms with van der Waals surface area (Å²) in [5.74, 6) is 3.44. The fraction of sp³-hybridized carbons (Fsp3) is 0.875. The second-order valence-electron chi connectivity index (χ2n) is 6.80. The molecule has 1 heterocycles. The maximum Gasteiger partial charge on any atom is 0.138 e. The van der Waals surface area contributed by atoms with Crippen molar-refractivity contribution in [2.24, 2.45) is 17.8 Å². The Morgan fingerprint density at radius 3 is 2.80 bits per heavy atom. The first-order valence-corrected chi connectivity index (χ1v) is 8.20. The van der Waals surface area contributed by atoms with Crippen molar-refractivity contribution < 1.29 is 0 Å². The second-order valence-corrected chi connectivity index (χ2v) is 6.80. The minimum absolute atomic E-state index is 0.556. The van der Waals surface area contributed by atoms with E-state index in [1.807, 2.05) is 0 Å². The van der Waals surface area contributed by atoms with Crippen LogP contribution in [0.1, 0.15) is 52.8 Å². The van der Waals surface area contributed by atoms with E-state index in [0.29, 0.717) is 12.0 Å². The monoisotopic (exact) mass is 278 g/mol. The molecule has 0 aromatic carbocycles. The van der Waals surface area contributed by atoms with Crippen LogP contribution < -0.4 is 5.32 Å². The van der Waals surface area contributed by atoms with Crippen LogP contribution in [0.5, 0.6) is 0 Å². The van der Waals surface area contributed by atoms with E-state index in [1.54, 1.807) is 6.33 Å². The molecular weight excluding hydrogens is 248 g/mol. The van der Waals surface area contributed by atoms with Gasteiger partial charge in [-0.1, -0.05) is 34.1 Å². The number of likely N-dealkylation sites (N-methyl/N-ethyl adjacent to an activating group) is 1. The van der Waals surface area contributed by atoms with Gasteiger partial charge in [0.2, 0.25) is 0 Å². The summed E-state index contributed by atoms with van der Waals surface area (Å²) in [5.41, 5.74) is 0. The zero-order valence-corrected chi connectivity index (χ0v) is 13.5. The topological polar surface area (TPSA) is 42.7 Å². The van der Waals surface area contributed by atoms with Gasteiger partial charge < -0.3 is 5.32 Å². The molecule has 1 aliphatic carbocycles. The number of rotatable bonds is 7. The van der Waals surface area contributed by atoms with Crippen LogP contribution in [-0.2, 0) is 13.0 Å². The van der Waals surface area contributed by atoms with Gasteiger partial charge in [0.25, 0.3) is 0 Å². The van der Waals surface area contributed by atoms with Gasteiger partial charge in [-0.15, -0.1) is 0 Å². The smallest absolute Gasteiger partial charge is 0.138 e. The largest absolute Gasteiger partial charge is 0.314 e. The number of hydrogen-bond acceptors (Lipinski definition) is 3. The van der Waals surface area contributed by atoms with Crippen molar-refractivity contribution in [1.29, 1.82) is 0 Å². The highest BCUT2D eigenvalue weighted by molar-refractivity contribution is 4.94. The number of hydrogen-bond donors (Lipinski definition) is 1. The molecule has 20 heavy (non-hydrogen) atoms. The molecule has 0 spiro atoms. The van der Waals surface area contributed by atoms with Crippen molar-refractivity contribution in [2.45, 2.75) is 66.0 Å². The highest BCUT2D eigenvalue weighted by Crippen LogP contribution is 2.33. The van der Waals surface area contributed by atoms with Crippen LogP contribution in [0.4, 0.5) is 0 Å². The number of nitrogens with one attached hydrogen (secondary N) is 1. The minimum atomic E-state index is 0.556. The summed E-state index contributed by atoms with van der Waals surface area (Å²) in [6.07, 6.45) is 6.81. The van der Waals surface area contributed by atoms with Crippen LogP contribution in [0, 0.1) is 17.8 Å². The molecule has 1 aliphatic rings. The summed E-state index contributed by atoms with van der Waals surface area (Å²) in [6.45, 7) is 11.0. The van der Waals surface area contributed by atoms with E-state index in [2.05, 4.69) is 47.8 Å². The molecule has 3 atom stereocenters. The predicted octanol–water partition coefficient (Wildman–Crippen LogP) is 2.89. The molecule has 0 radical (unpaired) electrons. The first kappa shape index (κ1) is 15.5. The molecule has 114 valence electrons. The Morgan fingerprint density at radius 1 is 1.40 bits per heavy atom. The Hall–Kier alpha value is -0.900. The van der Waals surface area contributed by atoms with Crippen molar-refractivity contribution in [2.75, 3.05) is 6.54 Å². The molecule has 0 bridgehead atoms. The Bertz CT molecular complexity index is 399. The molecule has 1 N–H and O–H groups in total. The third-order valence-electron chi connectivity index (χ3n) is 4.41. The normalized spacial score (nSPS) is 24.4. The maximum absolute atomic E-state index is 4.49. The van der Waals surface area contributed by atoms with Crippen molar-refractivity contribution >= 4 is 0 Å². The van der Waals surface area contributed by atoms with Crippen LogP contribution in [0.15, 0.2) is 6.33 Å². The molecule has 1 aromatic rings. The van der Waals surface area contributed by atoms with E-state index in [9.17, 15) is 0 Å². The highest BCUT2D eigenvalue weighted by atomic mass is 15.3. The van der Waals surface area contributed by atoms with E-state index in [4.69, 9.17) is 0 Å². The Balaban J connectivity index is 2.02. The molecule has 0 saturated heterocycles. The SMILES string of the molecule is CCNC(Cc1ncnn1CC(C)C)C1CCC(C)C1. The quantitative estimate of drug-likeness (QED) is 0.834. The molecule has 1 fully saturated rings. The van der Waals surface area contributed by atoms with Crippen molar-refractivity contribution in [3.05, 3.63) is 12.2 Å². The van der Waals surface area contributed by atoms with Crippen LogP contribution in [0.3, 0.4) is 0 Å². The van der Waals surface area contributed by atoms with Crippen molar-refractivity contribution in [1.82, 2.24) is 20.1 Å². The first-order valence-electron chi connectivity index (χ1n) is 8.20. The summed E-state index contributed by atoms with van der Waals surface area (Å²) in [4.78, 5) is 4.49. The molecule has 0 amide bonds. The van der Waals surface area contributed by atoms with E-state index in [1.165, 1.54) is 19.3 Å². The van der Waals surface area contributed by atoms with Gasteiger partial charge in [0.1, 0.15) is 12.2 Å². The van der Waals surface area contributed by atoms with Gasteiger partial charge in [-0.3, -0.25) is 0 Å². The lowest BCUT2D eigenvalue weighted by Crippen LogP contribution is -2.38. The van der Waals surface area contributed by atoms with Crippen LogP contribution in [-0.4, -0.2) is 27.4 Å². The third kappa shape index (κ3) is 4.05. The summed E-state index contributed by atoms with van der Waals surface area (Å²) < 4.78 is 2.09. The number of nitrogens with zero attached hydrogens (tertiary/aromatic N) is 3. The molecular formula is C16H30N4. The molecule has 1 aromatic heterocycles. The fourth-order valence-electron chi connectivity index (χ4n) is 3.43. The standard InChI is InChI=1S/C16H30N4/c1-5-17-15(14-7-6-13(4)8-14)9-16-18-11-19-20(16)10-12(2)3/h11-15,17H,5-10H2,1-4H3. The highest BCUT2D eigenvalue weighted by Gasteiger charge is 2.29. The second kappa shape index (κ2) is 7.21. The lowest BCUT2D eigenvalue weighted by Gasteiger charge is -2.24. The molecule has 4 heteroatoms. The summed E-state index contributed by atoms with van der Waals surface area (Å²) in [6, 6.07) is 0.556. The van der Waals surface area contributed by atoms with Crippen molar-refractivity contribution in [3.63, 3.8) is 0 Å². The van der Waals surface area contributed by atoms with Gasteiger partial charge in [0.15, 0.2) is 0 Å². The van der Waals surface area contributed by atoms with E-state index in [-0.39, 0.29) is 0 Å². The first-order chi connectivity index (χ1) is 9.60. The number of aromatic nitrogens is 3. The summed E-state index contributed by atoms with van der Waals surface area (Å²) >= 11 is 0. The fourth-order valence-corrected chi connectivity index (χ4v) is 3.43. The lowest BCUT2D eigenvalue weighted by atomic mass is 9.94. The van der Waals surface area contributed by atoms with Gasteiger partial charge in [0, 0.05) is 19.0 Å². The molecule has 0 aliphatic heterocycles. The van der Waals surface area contributed by atoms with Gasteiger partial charge in [-0.2, -0.15) is 5.10 Å². The average Bonchev–Trinajstić information content (AvgIpc) is 2.98. The van der Waals surface area contributed by atoms with E-state index in [0.717, 1.165) is 37.2 Å². The Kier molecular flexibility index (Phi) is 5.58. The van der Waals surface area contributed by atoms with Crippen LogP contribution in [0.25, 0.3) is 0 Å². The zero-order chi connectivity index (χ0) is 14.5. The van der Waals surface area contributed by atoms with Crippen LogP contribution in [0.2, 0.25) is 0 Å². The third-order valence-corrected chi connectivity index (χ3v) is 4.41. The Morgan fingerprint density at radius 2 is 2.20 bits per heavy atom. The van der Waals surface area contributed by atoms with E-state index >= 15 is 0 Å². The van der Waals surface area contributed by atoms with Crippen molar-refractivity contribution in [3.8, 4) is 0 Å². The van der Waals surface area contributed by atoms with Gasteiger partial charge in [-0.05, 0) is 37.1 Å². The van der Waals surface area contributed by atoms with Gasteiger partial charge >= 0.3 is 0 Å². The minimum Gasteiger partial charge on any atom is -0.314 e.